The summed E-state index contributed by atoms with van der Waals surface area (Å²) in [5.74, 6) is -0.0927. The third kappa shape index (κ3) is 4.58. The van der Waals surface area contributed by atoms with E-state index in [-0.39, 0.29) is 11.7 Å². The van der Waals surface area contributed by atoms with Crippen LogP contribution in [0.25, 0.3) is 0 Å². The van der Waals surface area contributed by atoms with Crippen LogP contribution in [0.2, 0.25) is 0 Å². The summed E-state index contributed by atoms with van der Waals surface area (Å²) in [4.78, 5) is 12.2. The highest BCUT2D eigenvalue weighted by molar-refractivity contribution is 7.92. The second-order valence-corrected chi connectivity index (χ2v) is 7.99. The summed E-state index contributed by atoms with van der Waals surface area (Å²) in [6, 6.07) is 6.62. The van der Waals surface area contributed by atoms with Gasteiger partial charge in [-0.2, -0.15) is 0 Å². The second kappa shape index (κ2) is 7.64. The zero-order valence-corrected chi connectivity index (χ0v) is 14.5. The number of allylic oxidation sites excluding steroid dienone is 1. The minimum Gasteiger partial charge on any atom is -0.348 e. The molecule has 0 bridgehead atoms. The van der Waals surface area contributed by atoms with E-state index in [1.54, 1.807) is 31.2 Å². The van der Waals surface area contributed by atoms with Gasteiger partial charge in [0, 0.05) is 19.2 Å². The molecule has 1 aliphatic carbocycles. The Morgan fingerprint density at radius 3 is 2.48 bits per heavy atom. The molecular formula is C17H24N2O3S. The lowest BCUT2D eigenvalue weighted by Crippen LogP contribution is -2.28. The number of anilines is 1. The van der Waals surface area contributed by atoms with Crippen molar-refractivity contribution in [3.63, 3.8) is 0 Å². The fourth-order valence-electron chi connectivity index (χ4n) is 2.54. The van der Waals surface area contributed by atoms with Crippen LogP contribution in [0, 0.1) is 0 Å². The van der Waals surface area contributed by atoms with E-state index < -0.39 is 10.0 Å². The monoisotopic (exact) mass is 336 g/mol. The maximum absolute atomic E-state index is 12.2. The van der Waals surface area contributed by atoms with Crippen molar-refractivity contribution in [3.8, 4) is 0 Å². The Balaban J connectivity index is 1.98. The number of carbonyl (C=O) groups is 1. The highest BCUT2D eigenvalue weighted by Gasteiger charge is 2.16. The molecular weight excluding hydrogens is 312 g/mol. The van der Waals surface area contributed by atoms with Gasteiger partial charge in [0.15, 0.2) is 0 Å². The van der Waals surface area contributed by atoms with E-state index >= 15 is 0 Å². The molecule has 0 aliphatic heterocycles. The quantitative estimate of drug-likeness (QED) is 0.812. The number of nitrogens with zero attached hydrogens (tertiary/aromatic N) is 1. The average molecular weight is 336 g/mol. The van der Waals surface area contributed by atoms with Crippen molar-refractivity contribution in [3.05, 3.63) is 41.5 Å². The van der Waals surface area contributed by atoms with E-state index in [4.69, 9.17) is 0 Å². The summed E-state index contributed by atoms with van der Waals surface area (Å²) in [7, 11) is -1.77. The van der Waals surface area contributed by atoms with Gasteiger partial charge in [-0.3, -0.25) is 9.10 Å². The van der Waals surface area contributed by atoms with E-state index in [9.17, 15) is 13.2 Å². The standard InChI is InChI=1S/C17H24N2O3S/c1-3-23(21,22)19(2)16-11-9-15(10-12-16)17(20)18-13-14-7-5-4-6-8-14/h7,9-12H,3-6,8,13H2,1-2H3,(H,18,20). The number of amides is 1. The molecule has 1 aliphatic rings. The van der Waals surface area contributed by atoms with Crippen LogP contribution in [0.5, 0.6) is 0 Å². The Morgan fingerprint density at radius 2 is 1.91 bits per heavy atom. The van der Waals surface area contributed by atoms with E-state index in [1.165, 1.54) is 29.8 Å². The molecule has 0 unspecified atom stereocenters. The predicted octanol–water partition coefficient (Wildman–Crippen LogP) is 2.70. The van der Waals surface area contributed by atoms with Crippen molar-refractivity contribution in [1.29, 1.82) is 0 Å². The lowest BCUT2D eigenvalue weighted by Gasteiger charge is -2.18. The fraction of sp³-hybridized carbons (Fsp3) is 0.471. The third-order valence-corrected chi connectivity index (χ3v) is 5.91. The molecule has 0 fully saturated rings. The zero-order chi connectivity index (χ0) is 16.9. The first-order chi connectivity index (χ1) is 10.9. The van der Waals surface area contributed by atoms with Crippen LogP contribution in [0.1, 0.15) is 43.0 Å². The van der Waals surface area contributed by atoms with Gasteiger partial charge in [0.25, 0.3) is 5.91 Å². The molecule has 0 atom stereocenters. The molecule has 0 saturated carbocycles. The molecule has 1 aromatic carbocycles. The third-order valence-electron chi connectivity index (χ3n) is 4.14. The summed E-state index contributed by atoms with van der Waals surface area (Å²) >= 11 is 0. The van der Waals surface area contributed by atoms with E-state index in [0.717, 1.165) is 12.8 Å². The number of rotatable bonds is 6. The molecule has 0 saturated heterocycles. The van der Waals surface area contributed by atoms with Crippen LogP contribution in [0.3, 0.4) is 0 Å². The predicted molar refractivity (Wildman–Crippen MR) is 93.2 cm³/mol. The van der Waals surface area contributed by atoms with Gasteiger partial charge >= 0.3 is 0 Å². The van der Waals surface area contributed by atoms with Gasteiger partial charge < -0.3 is 5.32 Å². The number of hydrogen-bond acceptors (Lipinski definition) is 3. The summed E-state index contributed by atoms with van der Waals surface area (Å²) in [5.41, 5.74) is 2.38. The van der Waals surface area contributed by atoms with Crippen molar-refractivity contribution in [2.24, 2.45) is 0 Å². The Hall–Kier alpha value is -1.82. The molecule has 126 valence electrons. The highest BCUT2D eigenvalue weighted by Crippen LogP contribution is 2.18. The SMILES string of the molecule is CCS(=O)(=O)N(C)c1ccc(C(=O)NCC2=CCCCC2)cc1. The normalized spacial score (nSPS) is 15.0. The molecule has 0 aromatic heterocycles. The number of nitrogens with one attached hydrogen (secondary N) is 1. The lowest BCUT2D eigenvalue weighted by molar-refractivity contribution is 0.0956. The Morgan fingerprint density at radius 1 is 1.22 bits per heavy atom. The van der Waals surface area contributed by atoms with Gasteiger partial charge in [0.1, 0.15) is 0 Å². The van der Waals surface area contributed by atoms with Gasteiger partial charge in [-0.15, -0.1) is 0 Å². The number of carbonyl (C=O) groups excluding carboxylic acids is 1. The van der Waals surface area contributed by atoms with Crippen molar-refractivity contribution in [1.82, 2.24) is 5.32 Å². The first kappa shape index (κ1) is 17.5. The zero-order valence-electron chi connectivity index (χ0n) is 13.7. The fourth-order valence-corrected chi connectivity index (χ4v) is 3.37. The largest absolute Gasteiger partial charge is 0.348 e. The molecule has 0 radical (unpaired) electrons. The Bertz CT molecular complexity index is 678. The van der Waals surface area contributed by atoms with Crippen molar-refractivity contribution in [2.45, 2.75) is 32.6 Å². The average Bonchev–Trinajstić information content (AvgIpc) is 2.60. The summed E-state index contributed by atoms with van der Waals surface area (Å²) in [6.45, 7) is 2.19. The molecule has 1 N–H and O–H groups in total. The number of sulfonamides is 1. The van der Waals surface area contributed by atoms with Crippen molar-refractivity contribution >= 4 is 21.6 Å². The van der Waals surface area contributed by atoms with Crippen LogP contribution in [0.4, 0.5) is 5.69 Å². The second-order valence-electron chi connectivity index (χ2n) is 5.71. The van der Waals surface area contributed by atoms with Gasteiger partial charge in [-0.25, -0.2) is 8.42 Å². The molecule has 5 nitrogen and oxygen atoms in total. The molecule has 1 aromatic rings. The van der Waals surface area contributed by atoms with Crippen molar-refractivity contribution in [2.75, 3.05) is 23.7 Å². The van der Waals surface area contributed by atoms with E-state index in [2.05, 4.69) is 11.4 Å². The summed E-state index contributed by atoms with van der Waals surface area (Å²) in [6.07, 6.45) is 6.77. The summed E-state index contributed by atoms with van der Waals surface area (Å²) < 4.78 is 24.9. The Labute approximate surface area is 138 Å². The maximum Gasteiger partial charge on any atom is 0.251 e. The van der Waals surface area contributed by atoms with E-state index in [0.29, 0.717) is 17.8 Å². The number of benzene rings is 1. The van der Waals surface area contributed by atoms with Crippen LogP contribution >= 0.6 is 0 Å². The van der Waals surface area contributed by atoms with Crippen LogP contribution in [-0.2, 0) is 10.0 Å². The topological polar surface area (TPSA) is 66.5 Å². The molecule has 1 amide bonds. The smallest absolute Gasteiger partial charge is 0.251 e. The van der Waals surface area contributed by atoms with Crippen LogP contribution < -0.4 is 9.62 Å². The minimum absolute atomic E-state index is 0.0425. The number of hydrogen-bond donors (Lipinski definition) is 1. The molecule has 0 heterocycles. The van der Waals surface area contributed by atoms with Crippen LogP contribution in [0.15, 0.2) is 35.9 Å². The molecule has 2 rings (SSSR count). The Kier molecular flexibility index (Phi) is 5.82. The summed E-state index contributed by atoms with van der Waals surface area (Å²) in [5, 5.41) is 2.92. The van der Waals surface area contributed by atoms with E-state index in [1.807, 2.05) is 0 Å². The van der Waals surface area contributed by atoms with Gasteiger partial charge in [0.05, 0.1) is 11.4 Å². The van der Waals surface area contributed by atoms with Crippen molar-refractivity contribution < 1.29 is 13.2 Å². The molecule has 0 spiro atoms. The molecule has 6 heteroatoms. The first-order valence-electron chi connectivity index (χ1n) is 7.97. The van der Waals surface area contributed by atoms with Crippen LogP contribution in [-0.4, -0.2) is 33.7 Å². The minimum atomic E-state index is -3.28. The molecule has 23 heavy (non-hydrogen) atoms. The first-order valence-corrected chi connectivity index (χ1v) is 9.57. The van der Waals surface area contributed by atoms with Gasteiger partial charge in [-0.05, 0) is 56.9 Å². The van der Waals surface area contributed by atoms with Gasteiger partial charge in [-0.1, -0.05) is 11.6 Å². The maximum atomic E-state index is 12.2. The van der Waals surface area contributed by atoms with Gasteiger partial charge in [0.2, 0.25) is 10.0 Å². The lowest BCUT2D eigenvalue weighted by atomic mass is 9.99. The highest BCUT2D eigenvalue weighted by atomic mass is 32.2.